The summed E-state index contributed by atoms with van der Waals surface area (Å²) in [5, 5.41) is 86.2. The Hall–Kier alpha value is -0.730. The zero-order valence-electron chi connectivity index (χ0n) is 12.0. The van der Waals surface area contributed by atoms with Gasteiger partial charge in [0.2, 0.25) is 0 Å². The summed E-state index contributed by atoms with van der Waals surface area (Å²) in [4.78, 5) is 11.2. The SMILES string of the molecule is O=C(CO)[C@@H](O)[C@H](O)[C@](O)(CO)[C@H]1O[C@H](CO)[C@@H](O)[C@H](O)[C@H]1O. The van der Waals surface area contributed by atoms with E-state index in [-0.39, 0.29) is 0 Å². The fraction of sp³-hybridized carbons (Fsp3) is 0.917. The smallest absolute Gasteiger partial charge is 0.189 e. The van der Waals surface area contributed by atoms with Gasteiger partial charge in [0.15, 0.2) is 5.78 Å². The van der Waals surface area contributed by atoms with E-state index in [1.807, 2.05) is 0 Å². The molecule has 0 aromatic rings. The van der Waals surface area contributed by atoms with Gasteiger partial charge in [-0.3, -0.25) is 4.79 Å². The molecular formula is C12H22O11. The van der Waals surface area contributed by atoms with Gasteiger partial charge in [0.05, 0.1) is 13.2 Å². The highest BCUT2D eigenvalue weighted by atomic mass is 16.6. The number of hydrogen-bond acceptors (Lipinski definition) is 11. The van der Waals surface area contributed by atoms with Crippen LogP contribution in [-0.2, 0) is 9.53 Å². The van der Waals surface area contributed by atoms with Crippen molar-refractivity contribution in [2.45, 2.75) is 48.3 Å². The molecule has 8 atom stereocenters. The van der Waals surface area contributed by atoms with Crippen LogP contribution in [0.4, 0.5) is 0 Å². The molecule has 11 nitrogen and oxygen atoms in total. The molecule has 0 bridgehead atoms. The van der Waals surface area contributed by atoms with Crippen LogP contribution in [0.1, 0.15) is 0 Å². The van der Waals surface area contributed by atoms with E-state index < -0.39 is 73.9 Å². The van der Waals surface area contributed by atoms with Crippen LogP contribution in [-0.4, -0.2) is 120 Å². The van der Waals surface area contributed by atoms with E-state index >= 15 is 0 Å². The summed E-state index contributed by atoms with van der Waals surface area (Å²) in [6, 6.07) is 0. The second kappa shape index (κ2) is 7.90. The molecule has 1 heterocycles. The molecule has 1 aliphatic heterocycles. The van der Waals surface area contributed by atoms with Gasteiger partial charge < -0.3 is 50.7 Å². The highest BCUT2D eigenvalue weighted by Crippen LogP contribution is 2.31. The van der Waals surface area contributed by atoms with E-state index in [9.17, 15) is 40.5 Å². The van der Waals surface area contributed by atoms with Crippen LogP contribution in [0.25, 0.3) is 0 Å². The number of carbonyl (C=O) groups is 1. The quantitative estimate of drug-likeness (QED) is 0.212. The van der Waals surface area contributed by atoms with E-state index in [1.165, 1.54) is 0 Å². The number of ketones is 1. The monoisotopic (exact) mass is 342 g/mol. The predicted molar refractivity (Wildman–Crippen MR) is 69.9 cm³/mol. The minimum Gasteiger partial charge on any atom is -0.394 e. The number of carbonyl (C=O) groups excluding carboxylic acids is 1. The third-order valence-corrected chi connectivity index (χ3v) is 3.94. The molecule has 1 rings (SSSR count). The molecule has 0 aromatic heterocycles. The topological polar surface area (TPSA) is 208 Å². The maximum absolute atomic E-state index is 11.2. The van der Waals surface area contributed by atoms with Crippen molar-refractivity contribution in [3.8, 4) is 0 Å². The largest absolute Gasteiger partial charge is 0.394 e. The van der Waals surface area contributed by atoms with Crippen LogP contribution in [0.15, 0.2) is 0 Å². The van der Waals surface area contributed by atoms with Gasteiger partial charge in [-0.25, -0.2) is 0 Å². The summed E-state index contributed by atoms with van der Waals surface area (Å²) in [5.41, 5.74) is -2.84. The maximum Gasteiger partial charge on any atom is 0.189 e. The van der Waals surface area contributed by atoms with Crippen LogP contribution in [0.5, 0.6) is 0 Å². The van der Waals surface area contributed by atoms with Crippen molar-refractivity contribution >= 4 is 5.78 Å². The third kappa shape index (κ3) is 3.69. The van der Waals surface area contributed by atoms with Crippen LogP contribution in [0, 0.1) is 0 Å². The lowest BCUT2D eigenvalue weighted by molar-refractivity contribution is -0.295. The molecule has 0 unspecified atom stereocenters. The van der Waals surface area contributed by atoms with Crippen molar-refractivity contribution in [3.63, 3.8) is 0 Å². The minimum absolute atomic E-state index is 0.822. The molecule has 1 saturated heterocycles. The Morgan fingerprint density at radius 1 is 1.04 bits per heavy atom. The molecule has 23 heavy (non-hydrogen) atoms. The molecule has 136 valence electrons. The number of aliphatic hydroxyl groups excluding tert-OH is 8. The van der Waals surface area contributed by atoms with Gasteiger partial charge in [0.25, 0.3) is 0 Å². The first kappa shape index (κ1) is 20.3. The fourth-order valence-corrected chi connectivity index (χ4v) is 2.41. The molecule has 9 N–H and O–H groups in total. The molecule has 0 radical (unpaired) electrons. The van der Waals surface area contributed by atoms with Crippen LogP contribution >= 0.6 is 0 Å². The Morgan fingerprint density at radius 2 is 1.61 bits per heavy atom. The predicted octanol–water partition coefficient (Wildman–Crippen LogP) is -6.16. The van der Waals surface area contributed by atoms with Gasteiger partial charge >= 0.3 is 0 Å². The molecule has 11 heteroatoms. The van der Waals surface area contributed by atoms with Gasteiger partial charge in [-0.2, -0.15) is 0 Å². The zero-order valence-corrected chi connectivity index (χ0v) is 12.0. The summed E-state index contributed by atoms with van der Waals surface area (Å²) in [5.74, 6) is -1.27. The molecule has 0 aliphatic carbocycles. The first-order valence-corrected chi connectivity index (χ1v) is 6.79. The summed E-state index contributed by atoms with van der Waals surface area (Å²) >= 11 is 0. The molecule has 0 amide bonds. The second-order valence-electron chi connectivity index (χ2n) is 5.41. The number of hydrogen-bond donors (Lipinski definition) is 9. The van der Waals surface area contributed by atoms with Gasteiger partial charge in [-0.1, -0.05) is 0 Å². The second-order valence-corrected chi connectivity index (χ2v) is 5.41. The van der Waals surface area contributed by atoms with E-state index in [1.54, 1.807) is 0 Å². The molecule has 0 spiro atoms. The van der Waals surface area contributed by atoms with Gasteiger partial charge in [0.1, 0.15) is 54.9 Å². The number of aliphatic hydroxyl groups is 9. The highest BCUT2D eigenvalue weighted by molar-refractivity contribution is 5.84. The van der Waals surface area contributed by atoms with Crippen molar-refractivity contribution in [1.29, 1.82) is 0 Å². The Labute approximate surface area is 130 Å². The highest BCUT2D eigenvalue weighted by Gasteiger charge is 2.57. The fourth-order valence-electron chi connectivity index (χ4n) is 2.41. The summed E-state index contributed by atoms with van der Waals surface area (Å²) in [6.45, 7) is -3.29. The average Bonchev–Trinajstić information content (AvgIpc) is 2.57. The maximum atomic E-state index is 11.2. The lowest BCUT2D eigenvalue weighted by Gasteiger charge is -2.48. The van der Waals surface area contributed by atoms with Crippen LogP contribution < -0.4 is 0 Å². The third-order valence-electron chi connectivity index (χ3n) is 3.94. The first-order valence-electron chi connectivity index (χ1n) is 6.79. The lowest BCUT2D eigenvalue weighted by atomic mass is 9.79. The average molecular weight is 342 g/mol. The van der Waals surface area contributed by atoms with Crippen molar-refractivity contribution in [2.24, 2.45) is 0 Å². The zero-order chi connectivity index (χ0) is 17.9. The van der Waals surface area contributed by atoms with Gasteiger partial charge in [-0.15, -0.1) is 0 Å². The summed E-state index contributed by atoms with van der Waals surface area (Å²) < 4.78 is 5.01. The van der Waals surface area contributed by atoms with Crippen molar-refractivity contribution in [2.75, 3.05) is 19.8 Å². The molecule has 1 fully saturated rings. The van der Waals surface area contributed by atoms with Gasteiger partial charge in [-0.05, 0) is 0 Å². The van der Waals surface area contributed by atoms with E-state index in [0.29, 0.717) is 0 Å². The van der Waals surface area contributed by atoms with Crippen molar-refractivity contribution in [3.05, 3.63) is 0 Å². The number of rotatable bonds is 7. The summed E-state index contributed by atoms with van der Waals surface area (Å²) in [7, 11) is 0. The Bertz CT molecular complexity index is 402. The lowest BCUT2D eigenvalue weighted by Crippen LogP contribution is -2.71. The van der Waals surface area contributed by atoms with E-state index in [2.05, 4.69) is 0 Å². The normalized spacial score (nSPS) is 37.0. The number of ether oxygens (including phenoxy) is 1. The Kier molecular flexibility index (Phi) is 6.97. The Morgan fingerprint density at radius 3 is 2.04 bits per heavy atom. The van der Waals surface area contributed by atoms with Crippen molar-refractivity contribution in [1.82, 2.24) is 0 Å². The Balaban J connectivity index is 3.12. The molecular weight excluding hydrogens is 320 g/mol. The van der Waals surface area contributed by atoms with Crippen molar-refractivity contribution < 1.29 is 55.5 Å². The molecule has 1 aliphatic rings. The molecule has 0 aromatic carbocycles. The van der Waals surface area contributed by atoms with E-state index in [4.69, 9.17) is 14.9 Å². The standard InChI is InChI=1S/C12H22O11/c13-1-4(16)6(17)10(21)12(22,3-15)11-9(20)8(19)7(18)5(2-14)23-11/h5-11,13-15,17-22H,1-3H2/t5-,6-,7-,8+,9-,10+,11+,12-/m1/s1. The van der Waals surface area contributed by atoms with Crippen LogP contribution in [0.2, 0.25) is 0 Å². The van der Waals surface area contributed by atoms with E-state index in [0.717, 1.165) is 0 Å². The first-order chi connectivity index (χ1) is 10.6. The molecule has 0 saturated carbocycles. The van der Waals surface area contributed by atoms with Gasteiger partial charge in [0, 0.05) is 0 Å². The minimum atomic E-state index is -2.84. The number of Topliss-reactive ketones (excluding diaryl/α,β-unsaturated/α-hetero) is 1. The summed E-state index contributed by atoms with van der Waals surface area (Å²) in [6.07, 6.45) is -13.8. The van der Waals surface area contributed by atoms with Crippen LogP contribution in [0.3, 0.4) is 0 Å².